The van der Waals surface area contributed by atoms with Crippen LogP contribution in [0.3, 0.4) is 0 Å². The minimum absolute atomic E-state index is 0.0498. The highest BCUT2D eigenvalue weighted by Gasteiger charge is 2.09. The van der Waals surface area contributed by atoms with E-state index in [-0.39, 0.29) is 24.0 Å². The van der Waals surface area contributed by atoms with Crippen molar-refractivity contribution in [2.24, 2.45) is 5.14 Å². The quantitative estimate of drug-likeness (QED) is 0.634. The number of carbonyl (C=O) groups is 1. The summed E-state index contributed by atoms with van der Waals surface area (Å²) in [5.41, 5.74) is 0.306. The van der Waals surface area contributed by atoms with Crippen LogP contribution in [0.5, 0.6) is 0 Å². The fourth-order valence-corrected chi connectivity index (χ4v) is 1.58. The number of hydrogen-bond acceptors (Lipinski definition) is 4. The Hall–Kier alpha value is -1.44. The van der Waals surface area contributed by atoms with Gasteiger partial charge in [0.15, 0.2) is 0 Å². The minimum atomic E-state index is -3.73. The lowest BCUT2D eigenvalue weighted by Crippen LogP contribution is -2.26. The van der Waals surface area contributed by atoms with Crippen molar-refractivity contribution in [3.63, 3.8) is 0 Å². The first kappa shape index (κ1) is 12.6. The van der Waals surface area contributed by atoms with Crippen LogP contribution in [0.25, 0.3) is 0 Å². The standard InChI is InChI=1S/C9H12N2O4S/c10-16(14,15)8-3-1-7(2-4-8)9(13)11-5-6-12/h1-4,12H,5-6H2,(H,11,13)(H2,10,14,15). The van der Waals surface area contributed by atoms with Crippen molar-refractivity contribution in [2.45, 2.75) is 4.90 Å². The maximum Gasteiger partial charge on any atom is 0.251 e. The second-order valence-electron chi connectivity index (χ2n) is 3.05. The summed E-state index contributed by atoms with van der Waals surface area (Å²) >= 11 is 0. The lowest BCUT2D eigenvalue weighted by Gasteiger charge is -2.03. The number of nitrogens with one attached hydrogen (secondary N) is 1. The maximum atomic E-state index is 11.4. The van der Waals surface area contributed by atoms with Crippen molar-refractivity contribution >= 4 is 15.9 Å². The second kappa shape index (κ2) is 5.06. The maximum absolute atomic E-state index is 11.4. The van der Waals surface area contributed by atoms with Gasteiger partial charge in [0, 0.05) is 12.1 Å². The smallest absolute Gasteiger partial charge is 0.251 e. The fourth-order valence-electron chi connectivity index (χ4n) is 1.07. The van der Waals surface area contributed by atoms with Gasteiger partial charge in [0.2, 0.25) is 10.0 Å². The number of aliphatic hydroxyl groups excluding tert-OH is 1. The molecule has 0 spiro atoms. The van der Waals surface area contributed by atoms with Crippen molar-refractivity contribution in [2.75, 3.05) is 13.2 Å². The molecule has 1 aromatic rings. The molecule has 0 aromatic heterocycles. The highest BCUT2D eigenvalue weighted by Crippen LogP contribution is 2.08. The summed E-state index contributed by atoms with van der Waals surface area (Å²) < 4.78 is 21.9. The average molecular weight is 244 g/mol. The highest BCUT2D eigenvalue weighted by atomic mass is 32.2. The molecule has 88 valence electrons. The zero-order valence-corrected chi connectivity index (χ0v) is 9.20. The number of nitrogens with two attached hydrogens (primary N) is 1. The molecule has 0 saturated heterocycles. The Kier molecular flexibility index (Phi) is 3.99. The zero-order chi connectivity index (χ0) is 12.2. The van der Waals surface area contributed by atoms with Gasteiger partial charge in [-0.1, -0.05) is 0 Å². The Balaban J connectivity index is 2.83. The van der Waals surface area contributed by atoms with Crippen LogP contribution < -0.4 is 10.5 Å². The summed E-state index contributed by atoms with van der Waals surface area (Å²) in [5, 5.41) is 15.8. The molecule has 0 aliphatic rings. The van der Waals surface area contributed by atoms with Crippen LogP contribution in [0.1, 0.15) is 10.4 Å². The summed E-state index contributed by atoms with van der Waals surface area (Å²) in [4.78, 5) is 11.3. The predicted octanol–water partition coefficient (Wildman–Crippen LogP) is -0.944. The molecule has 1 amide bonds. The zero-order valence-electron chi connectivity index (χ0n) is 8.38. The Morgan fingerprint density at radius 2 is 1.88 bits per heavy atom. The van der Waals surface area contributed by atoms with E-state index in [2.05, 4.69) is 5.32 Å². The molecule has 4 N–H and O–H groups in total. The van der Waals surface area contributed by atoms with Crippen LogP contribution >= 0.6 is 0 Å². The number of amides is 1. The third-order valence-corrected chi connectivity index (χ3v) is 2.77. The van der Waals surface area contributed by atoms with E-state index >= 15 is 0 Å². The molecular formula is C9H12N2O4S. The van der Waals surface area contributed by atoms with Gasteiger partial charge in [0.05, 0.1) is 11.5 Å². The van der Waals surface area contributed by atoms with Gasteiger partial charge in [0.1, 0.15) is 0 Å². The highest BCUT2D eigenvalue weighted by molar-refractivity contribution is 7.89. The number of aliphatic hydroxyl groups is 1. The molecule has 1 rings (SSSR count). The van der Waals surface area contributed by atoms with Gasteiger partial charge in [-0.05, 0) is 24.3 Å². The molecule has 0 heterocycles. The second-order valence-corrected chi connectivity index (χ2v) is 4.61. The van der Waals surface area contributed by atoms with Crippen LogP contribution in [0.2, 0.25) is 0 Å². The van der Waals surface area contributed by atoms with Crippen LogP contribution in [-0.4, -0.2) is 32.6 Å². The topological polar surface area (TPSA) is 109 Å². The summed E-state index contributed by atoms with van der Waals surface area (Å²) in [6.45, 7) is -0.00320. The van der Waals surface area contributed by atoms with Gasteiger partial charge in [-0.15, -0.1) is 0 Å². The van der Waals surface area contributed by atoms with E-state index in [1.165, 1.54) is 24.3 Å². The van der Waals surface area contributed by atoms with E-state index in [1.807, 2.05) is 0 Å². The van der Waals surface area contributed by atoms with Crippen molar-refractivity contribution in [1.82, 2.24) is 5.32 Å². The third kappa shape index (κ3) is 3.30. The molecule has 0 bridgehead atoms. The molecule has 7 heteroatoms. The lowest BCUT2D eigenvalue weighted by atomic mass is 10.2. The summed E-state index contributed by atoms with van der Waals surface area (Å²) in [6, 6.07) is 5.21. The number of carbonyl (C=O) groups excluding carboxylic acids is 1. The van der Waals surface area contributed by atoms with E-state index in [4.69, 9.17) is 10.2 Å². The fraction of sp³-hybridized carbons (Fsp3) is 0.222. The number of sulfonamides is 1. The van der Waals surface area contributed by atoms with E-state index in [0.717, 1.165) is 0 Å². The minimum Gasteiger partial charge on any atom is -0.395 e. The van der Waals surface area contributed by atoms with Gasteiger partial charge in [0.25, 0.3) is 5.91 Å². The Labute approximate surface area is 93.1 Å². The van der Waals surface area contributed by atoms with Crippen molar-refractivity contribution < 1.29 is 18.3 Å². The van der Waals surface area contributed by atoms with Gasteiger partial charge in [-0.2, -0.15) is 0 Å². The van der Waals surface area contributed by atoms with Gasteiger partial charge < -0.3 is 10.4 Å². The van der Waals surface area contributed by atoms with Crippen LogP contribution in [0, 0.1) is 0 Å². The monoisotopic (exact) mass is 244 g/mol. The predicted molar refractivity (Wildman–Crippen MR) is 57.2 cm³/mol. The summed E-state index contributed by atoms with van der Waals surface area (Å²) in [7, 11) is -3.73. The van der Waals surface area contributed by atoms with Gasteiger partial charge in [-0.25, -0.2) is 13.6 Å². The Morgan fingerprint density at radius 1 is 1.31 bits per heavy atom. The van der Waals surface area contributed by atoms with E-state index in [9.17, 15) is 13.2 Å². The van der Waals surface area contributed by atoms with Crippen molar-refractivity contribution in [3.8, 4) is 0 Å². The Bertz CT molecular complexity index is 467. The molecule has 0 atom stereocenters. The van der Waals surface area contributed by atoms with E-state index < -0.39 is 10.0 Å². The van der Waals surface area contributed by atoms with Gasteiger partial charge >= 0.3 is 0 Å². The Morgan fingerprint density at radius 3 is 2.31 bits per heavy atom. The van der Waals surface area contributed by atoms with Crippen LogP contribution in [-0.2, 0) is 10.0 Å². The molecule has 0 unspecified atom stereocenters. The molecule has 16 heavy (non-hydrogen) atoms. The third-order valence-electron chi connectivity index (χ3n) is 1.84. The number of primary sulfonamides is 1. The largest absolute Gasteiger partial charge is 0.395 e. The first-order valence-corrected chi connectivity index (χ1v) is 6.01. The first-order valence-electron chi connectivity index (χ1n) is 4.47. The SMILES string of the molecule is NS(=O)(=O)c1ccc(C(=O)NCCO)cc1. The molecule has 1 aromatic carbocycles. The van der Waals surface area contributed by atoms with E-state index in [0.29, 0.717) is 5.56 Å². The summed E-state index contributed by atoms with van der Waals surface area (Å²) in [6.07, 6.45) is 0. The van der Waals surface area contributed by atoms with E-state index in [1.54, 1.807) is 0 Å². The van der Waals surface area contributed by atoms with Crippen molar-refractivity contribution in [3.05, 3.63) is 29.8 Å². The normalized spacial score (nSPS) is 11.1. The molecule has 0 aliphatic carbocycles. The number of rotatable bonds is 4. The summed E-state index contributed by atoms with van der Waals surface area (Å²) in [5.74, 6) is -0.380. The molecular weight excluding hydrogens is 232 g/mol. The molecule has 0 aliphatic heterocycles. The van der Waals surface area contributed by atoms with Crippen LogP contribution in [0.15, 0.2) is 29.2 Å². The molecule has 0 saturated carbocycles. The number of benzene rings is 1. The molecule has 0 radical (unpaired) electrons. The molecule has 0 fully saturated rings. The average Bonchev–Trinajstić information content (AvgIpc) is 2.25. The molecule has 6 nitrogen and oxygen atoms in total. The lowest BCUT2D eigenvalue weighted by molar-refractivity contribution is 0.0944. The number of hydrogen-bond donors (Lipinski definition) is 3. The van der Waals surface area contributed by atoms with Crippen molar-refractivity contribution in [1.29, 1.82) is 0 Å². The van der Waals surface area contributed by atoms with Crippen LogP contribution in [0.4, 0.5) is 0 Å². The van der Waals surface area contributed by atoms with Gasteiger partial charge in [-0.3, -0.25) is 4.79 Å². The first-order chi connectivity index (χ1) is 7.45.